The lowest BCUT2D eigenvalue weighted by Gasteiger charge is -2.15. The van der Waals surface area contributed by atoms with Crippen molar-refractivity contribution in [2.45, 2.75) is 33.3 Å². The fourth-order valence-electron chi connectivity index (χ4n) is 1.88. The molecule has 0 saturated carbocycles. The van der Waals surface area contributed by atoms with Gasteiger partial charge in [-0.1, -0.05) is 13.0 Å². The number of nitrogens with one attached hydrogen (secondary N) is 2. The van der Waals surface area contributed by atoms with E-state index in [0.717, 1.165) is 6.42 Å². The predicted molar refractivity (Wildman–Crippen MR) is 81.5 cm³/mol. The first-order valence-corrected chi connectivity index (χ1v) is 6.96. The van der Waals surface area contributed by atoms with Gasteiger partial charge in [-0.25, -0.2) is 0 Å². The Morgan fingerprint density at radius 2 is 1.95 bits per heavy atom. The highest BCUT2D eigenvalue weighted by Gasteiger charge is 2.19. The fourth-order valence-corrected chi connectivity index (χ4v) is 1.88. The van der Waals surface area contributed by atoms with Gasteiger partial charge in [0.15, 0.2) is 0 Å². The van der Waals surface area contributed by atoms with Crippen LogP contribution in [0.3, 0.4) is 0 Å². The molecule has 1 atom stereocenters. The van der Waals surface area contributed by atoms with Crippen LogP contribution in [0.5, 0.6) is 0 Å². The normalized spacial score (nSPS) is 11.9. The topological polar surface area (TPSA) is 76.4 Å². The van der Waals surface area contributed by atoms with Crippen molar-refractivity contribution in [2.75, 3.05) is 30.3 Å². The molecule has 20 heavy (non-hydrogen) atoms. The molecule has 112 valence electrons. The number of hydrogen-bond acceptors (Lipinski definition) is 5. The summed E-state index contributed by atoms with van der Waals surface area (Å²) < 4.78 is 5.41. The number of ether oxygens (including phenoxy) is 1. The Morgan fingerprint density at radius 1 is 1.30 bits per heavy atom. The van der Waals surface area contributed by atoms with Crippen molar-refractivity contribution < 1.29 is 9.66 Å². The second-order valence-corrected chi connectivity index (χ2v) is 4.53. The summed E-state index contributed by atoms with van der Waals surface area (Å²) in [6.45, 7) is 7.75. The summed E-state index contributed by atoms with van der Waals surface area (Å²) in [5.41, 5.74) is 1.15. The van der Waals surface area contributed by atoms with Gasteiger partial charge in [-0.2, -0.15) is 0 Å². The molecule has 0 radical (unpaired) electrons. The van der Waals surface area contributed by atoms with Gasteiger partial charge < -0.3 is 15.4 Å². The lowest BCUT2D eigenvalue weighted by Crippen LogP contribution is -2.20. The zero-order chi connectivity index (χ0) is 15.0. The first-order chi connectivity index (χ1) is 9.60. The molecule has 0 fully saturated rings. The molecular weight excluding hydrogens is 258 g/mol. The molecule has 1 aromatic rings. The van der Waals surface area contributed by atoms with E-state index in [-0.39, 0.29) is 16.7 Å². The Hall–Kier alpha value is -1.82. The van der Waals surface area contributed by atoms with Gasteiger partial charge in [0.2, 0.25) is 0 Å². The van der Waals surface area contributed by atoms with Crippen LogP contribution in [0.1, 0.15) is 27.2 Å². The Morgan fingerprint density at radius 3 is 2.50 bits per heavy atom. The summed E-state index contributed by atoms with van der Waals surface area (Å²) in [4.78, 5) is 10.9. The van der Waals surface area contributed by atoms with Crippen molar-refractivity contribution in [2.24, 2.45) is 0 Å². The smallest absolute Gasteiger partial charge is 0.315 e. The standard InChI is InChI=1S/C14H23N3O3/c1-4-9-15-12-7-6-8-13(14(12)17(18)19)16-10-11(3)20-5-2/h6-8,11,15-16H,4-5,9-10H2,1-3H3. The van der Waals surface area contributed by atoms with Gasteiger partial charge in [-0.05, 0) is 32.4 Å². The molecule has 0 aliphatic rings. The zero-order valence-corrected chi connectivity index (χ0v) is 12.3. The SMILES string of the molecule is CCCNc1cccc(NCC(C)OCC)c1[N+](=O)[O-]. The Labute approximate surface area is 119 Å². The van der Waals surface area contributed by atoms with Gasteiger partial charge in [0.1, 0.15) is 11.4 Å². The maximum Gasteiger partial charge on any atom is 0.315 e. The summed E-state index contributed by atoms with van der Waals surface area (Å²) >= 11 is 0. The molecule has 0 aliphatic heterocycles. The number of para-hydroxylation sites is 1. The molecular formula is C14H23N3O3. The molecule has 0 amide bonds. The lowest BCUT2D eigenvalue weighted by atomic mass is 10.2. The fraction of sp³-hybridized carbons (Fsp3) is 0.571. The molecule has 0 saturated heterocycles. The van der Waals surface area contributed by atoms with Gasteiger partial charge in [0.05, 0.1) is 11.0 Å². The second-order valence-electron chi connectivity index (χ2n) is 4.53. The molecule has 1 unspecified atom stereocenters. The molecule has 0 spiro atoms. The van der Waals surface area contributed by atoms with Crippen LogP contribution in [-0.4, -0.2) is 30.7 Å². The number of benzene rings is 1. The van der Waals surface area contributed by atoms with Crippen LogP contribution in [0.15, 0.2) is 18.2 Å². The van der Waals surface area contributed by atoms with E-state index in [9.17, 15) is 10.1 Å². The van der Waals surface area contributed by atoms with Crippen LogP contribution >= 0.6 is 0 Å². The molecule has 1 rings (SSSR count). The molecule has 0 heterocycles. The van der Waals surface area contributed by atoms with Crippen molar-refractivity contribution in [3.05, 3.63) is 28.3 Å². The van der Waals surface area contributed by atoms with Gasteiger partial charge in [0.25, 0.3) is 0 Å². The zero-order valence-electron chi connectivity index (χ0n) is 12.3. The number of nitro groups is 1. The summed E-state index contributed by atoms with van der Waals surface area (Å²) in [6, 6.07) is 5.25. The molecule has 2 N–H and O–H groups in total. The first kappa shape index (κ1) is 16.2. The van der Waals surface area contributed by atoms with Gasteiger partial charge in [-0.15, -0.1) is 0 Å². The predicted octanol–water partition coefficient (Wildman–Crippen LogP) is 3.25. The second kappa shape index (κ2) is 8.37. The van der Waals surface area contributed by atoms with E-state index in [0.29, 0.717) is 31.1 Å². The van der Waals surface area contributed by atoms with Crippen LogP contribution in [0.25, 0.3) is 0 Å². The highest BCUT2D eigenvalue weighted by Crippen LogP contribution is 2.32. The van der Waals surface area contributed by atoms with E-state index in [4.69, 9.17) is 4.74 Å². The third-order valence-electron chi connectivity index (χ3n) is 2.82. The largest absolute Gasteiger partial charge is 0.379 e. The van der Waals surface area contributed by atoms with Crippen molar-refractivity contribution in [3.63, 3.8) is 0 Å². The van der Waals surface area contributed by atoms with Gasteiger partial charge in [0, 0.05) is 19.7 Å². The minimum atomic E-state index is -0.355. The average molecular weight is 281 g/mol. The summed E-state index contributed by atoms with van der Waals surface area (Å²) in [5.74, 6) is 0. The Bertz CT molecular complexity index is 438. The van der Waals surface area contributed by atoms with Crippen molar-refractivity contribution in [1.82, 2.24) is 0 Å². The third kappa shape index (κ3) is 4.70. The van der Waals surface area contributed by atoms with E-state index in [2.05, 4.69) is 10.6 Å². The Kier molecular flexibility index (Phi) is 6.79. The van der Waals surface area contributed by atoms with Crippen molar-refractivity contribution >= 4 is 17.1 Å². The van der Waals surface area contributed by atoms with Crippen LogP contribution in [0, 0.1) is 10.1 Å². The first-order valence-electron chi connectivity index (χ1n) is 6.96. The molecule has 0 aliphatic carbocycles. The number of anilines is 2. The highest BCUT2D eigenvalue weighted by molar-refractivity contribution is 5.76. The number of nitrogens with zero attached hydrogens (tertiary/aromatic N) is 1. The highest BCUT2D eigenvalue weighted by atomic mass is 16.6. The van der Waals surface area contributed by atoms with Gasteiger partial charge in [-0.3, -0.25) is 10.1 Å². The minimum Gasteiger partial charge on any atom is -0.379 e. The quantitative estimate of drug-likeness (QED) is 0.536. The summed E-state index contributed by atoms with van der Waals surface area (Å²) in [5, 5.41) is 17.4. The van der Waals surface area contributed by atoms with Crippen LogP contribution in [-0.2, 0) is 4.74 Å². The van der Waals surface area contributed by atoms with Crippen molar-refractivity contribution in [1.29, 1.82) is 0 Å². The molecule has 0 aromatic heterocycles. The minimum absolute atomic E-state index is 0.00635. The van der Waals surface area contributed by atoms with Crippen LogP contribution < -0.4 is 10.6 Å². The molecule has 1 aromatic carbocycles. The number of hydrogen-bond donors (Lipinski definition) is 2. The third-order valence-corrected chi connectivity index (χ3v) is 2.82. The van der Waals surface area contributed by atoms with E-state index in [1.165, 1.54) is 0 Å². The number of rotatable bonds is 9. The van der Waals surface area contributed by atoms with E-state index < -0.39 is 0 Å². The summed E-state index contributed by atoms with van der Waals surface area (Å²) in [6.07, 6.45) is 0.919. The molecule has 6 nitrogen and oxygen atoms in total. The van der Waals surface area contributed by atoms with Crippen molar-refractivity contribution in [3.8, 4) is 0 Å². The summed E-state index contributed by atoms with van der Waals surface area (Å²) in [7, 11) is 0. The van der Waals surface area contributed by atoms with Crippen LogP contribution in [0.2, 0.25) is 0 Å². The Balaban J connectivity index is 2.86. The lowest BCUT2D eigenvalue weighted by molar-refractivity contribution is -0.383. The van der Waals surface area contributed by atoms with E-state index in [1.807, 2.05) is 20.8 Å². The number of nitro benzene ring substituents is 1. The maximum absolute atomic E-state index is 11.3. The molecule has 6 heteroatoms. The van der Waals surface area contributed by atoms with Gasteiger partial charge >= 0.3 is 5.69 Å². The molecule has 0 bridgehead atoms. The maximum atomic E-state index is 11.3. The van der Waals surface area contributed by atoms with E-state index >= 15 is 0 Å². The average Bonchev–Trinajstić information content (AvgIpc) is 2.42. The van der Waals surface area contributed by atoms with E-state index in [1.54, 1.807) is 18.2 Å². The monoisotopic (exact) mass is 281 g/mol. The van der Waals surface area contributed by atoms with Crippen LogP contribution in [0.4, 0.5) is 17.1 Å².